The van der Waals surface area contributed by atoms with Gasteiger partial charge in [0.05, 0.1) is 11.3 Å². The number of aromatic carboxylic acids is 1. The van der Waals surface area contributed by atoms with E-state index in [2.05, 4.69) is 4.98 Å². The summed E-state index contributed by atoms with van der Waals surface area (Å²) in [5, 5.41) is 20.3. The Labute approximate surface area is 151 Å². The first-order chi connectivity index (χ1) is 12.3. The molecule has 0 saturated carbocycles. The number of anilines is 1. The fourth-order valence-electron chi connectivity index (χ4n) is 3.39. The number of hydrogen-bond donors (Lipinski definition) is 2. The zero-order valence-electron chi connectivity index (χ0n) is 14.8. The lowest BCUT2D eigenvalue weighted by molar-refractivity contribution is 0.0365. The molecule has 0 radical (unpaired) electrons. The molecule has 1 aromatic carbocycles. The molecule has 2 aromatic rings. The highest BCUT2D eigenvalue weighted by molar-refractivity contribution is 5.94. The minimum atomic E-state index is -1.07. The van der Waals surface area contributed by atoms with Crippen LogP contribution in [-0.2, 0) is 0 Å². The van der Waals surface area contributed by atoms with Crippen molar-refractivity contribution in [2.24, 2.45) is 0 Å². The molecular weight excluding hydrogens is 337 g/mol. The number of pyridine rings is 1. The van der Waals surface area contributed by atoms with Crippen molar-refractivity contribution in [2.45, 2.75) is 12.0 Å². The Morgan fingerprint density at radius 1 is 1.27 bits per heavy atom. The van der Waals surface area contributed by atoms with Crippen molar-refractivity contribution in [2.75, 3.05) is 38.6 Å². The van der Waals surface area contributed by atoms with Gasteiger partial charge < -0.3 is 20.0 Å². The Hall–Kier alpha value is -2.51. The number of nitrogens with zero attached hydrogens (tertiary/aromatic N) is 3. The van der Waals surface area contributed by atoms with E-state index < -0.39 is 11.6 Å². The van der Waals surface area contributed by atoms with Gasteiger partial charge in [0.15, 0.2) is 0 Å². The van der Waals surface area contributed by atoms with Gasteiger partial charge in [0, 0.05) is 25.2 Å². The maximum atomic E-state index is 13.1. The summed E-state index contributed by atoms with van der Waals surface area (Å²) in [7, 11) is 3.77. The first kappa shape index (κ1) is 18.3. The molecule has 1 atom stereocenters. The summed E-state index contributed by atoms with van der Waals surface area (Å²) >= 11 is 0. The molecule has 26 heavy (non-hydrogen) atoms. The SMILES string of the molecule is CN(C)CC1(O)CCN(c2nc(-c3ccc(F)cc3)ccc2C(=O)O)C1. The van der Waals surface area contributed by atoms with Gasteiger partial charge in [-0.15, -0.1) is 0 Å². The van der Waals surface area contributed by atoms with Crippen LogP contribution in [0.2, 0.25) is 0 Å². The third kappa shape index (κ3) is 3.84. The predicted molar refractivity (Wildman–Crippen MR) is 96.9 cm³/mol. The van der Waals surface area contributed by atoms with Crippen LogP contribution in [0.1, 0.15) is 16.8 Å². The maximum absolute atomic E-state index is 13.1. The molecule has 7 heteroatoms. The monoisotopic (exact) mass is 359 g/mol. The number of hydrogen-bond acceptors (Lipinski definition) is 5. The number of benzene rings is 1. The third-order valence-corrected chi connectivity index (χ3v) is 4.49. The number of rotatable bonds is 5. The van der Waals surface area contributed by atoms with Crippen molar-refractivity contribution in [1.29, 1.82) is 0 Å². The van der Waals surface area contributed by atoms with Crippen LogP contribution in [0.5, 0.6) is 0 Å². The number of aromatic nitrogens is 1. The molecule has 0 bridgehead atoms. The maximum Gasteiger partial charge on any atom is 0.339 e. The van der Waals surface area contributed by atoms with E-state index in [0.717, 1.165) is 0 Å². The highest BCUT2D eigenvalue weighted by Crippen LogP contribution is 2.31. The number of halogens is 1. The second-order valence-electron chi connectivity index (χ2n) is 7.01. The Kier molecular flexibility index (Phi) is 4.93. The Balaban J connectivity index is 1.95. The number of carboxylic acid groups (broad SMARTS) is 1. The van der Waals surface area contributed by atoms with Gasteiger partial charge in [-0.05, 0) is 56.9 Å². The van der Waals surface area contributed by atoms with Gasteiger partial charge in [0.2, 0.25) is 0 Å². The molecule has 2 N–H and O–H groups in total. The van der Waals surface area contributed by atoms with Gasteiger partial charge in [0.1, 0.15) is 17.2 Å². The predicted octanol–water partition coefficient (Wildman–Crippen LogP) is 2.09. The molecule has 1 aliphatic heterocycles. The van der Waals surface area contributed by atoms with Gasteiger partial charge in [-0.25, -0.2) is 14.2 Å². The van der Waals surface area contributed by atoms with Crippen molar-refractivity contribution >= 4 is 11.8 Å². The largest absolute Gasteiger partial charge is 0.478 e. The summed E-state index contributed by atoms with van der Waals surface area (Å²) < 4.78 is 13.1. The minimum absolute atomic E-state index is 0.0879. The van der Waals surface area contributed by atoms with E-state index >= 15 is 0 Å². The molecule has 1 fully saturated rings. The van der Waals surface area contributed by atoms with E-state index in [-0.39, 0.29) is 11.4 Å². The Morgan fingerprint density at radius 3 is 2.58 bits per heavy atom. The van der Waals surface area contributed by atoms with Crippen LogP contribution in [0, 0.1) is 5.82 Å². The van der Waals surface area contributed by atoms with Crippen molar-refractivity contribution in [3.8, 4) is 11.3 Å². The van der Waals surface area contributed by atoms with E-state index in [0.29, 0.717) is 43.1 Å². The third-order valence-electron chi connectivity index (χ3n) is 4.49. The minimum Gasteiger partial charge on any atom is -0.478 e. The summed E-state index contributed by atoms with van der Waals surface area (Å²) in [5.41, 5.74) is 0.442. The Morgan fingerprint density at radius 2 is 1.96 bits per heavy atom. The number of β-amino-alcohol motifs (C(OH)–C–C–N with tert-alkyl or cyclic N) is 1. The van der Waals surface area contributed by atoms with Crippen molar-refractivity contribution in [1.82, 2.24) is 9.88 Å². The fraction of sp³-hybridized carbons (Fsp3) is 0.368. The van der Waals surface area contributed by atoms with Crippen LogP contribution in [0.25, 0.3) is 11.3 Å². The molecule has 138 valence electrons. The van der Waals surface area contributed by atoms with Gasteiger partial charge in [-0.2, -0.15) is 0 Å². The second kappa shape index (κ2) is 7.01. The smallest absolute Gasteiger partial charge is 0.339 e. The molecule has 1 aromatic heterocycles. The lowest BCUT2D eigenvalue weighted by Crippen LogP contribution is -2.42. The first-order valence-corrected chi connectivity index (χ1v) is 8.40. The average molecular weight is 359 g/mol. The van der Waals surface area contributed by atoms with Crippen LogP contribution in [0.3, 0.4) is 0 Å². The van der Waals surface area contributed by atoms with Crippen LogP contribution < -0.4 is 4.90 Å². The molecule has 6 nitrogen and oxygen atoms in total. The van der Waals surface area contributed by atoms with E-state index in [4.69, 9.17) is 0 Å². The lowest BCUT2D eigenvalue weighted by atomic mass is 10.0. The summed E-state index contributed by atoms with van der Waals surface area (Å²) in [6.07, 6.45) is 0.534. The summed E-state index contributed by atoms with van der Waals surface area (Å²) in [6.45, 7) is 1.32. The van der Waals surface area contributed by atoms with Crippen molar-refractivity contribution in [3.05, 3.63) is 47.8 Å². The average Bonchev–Trinajstić information content (AvgIpc) is 2.96. The second-order valence-corrected chi connectivity index (χ2v) is 7.01. The zero-order chi connectivity index (χ0) is 18.9. The number of aliphatic hydroxyl groups is 1. The standard InChI is InChI=1S/C19H22FN3O3/c1-22(2)11-19(26)9-10-23(12-19)17-15(18(24)25)7-8-16(21-17)13-3-5-14(20)6-4-13/h3-8,26H,9-12H2,1-2H3,(H,24,25). The normalized spacial score (nSPS) is 20.0. The van der Waals surface area contributed by atoms with E-state index in [1.54, 1.807) is 23.1 Å². The van der Waals surface area contributed by atoms with Gasteiger partial charge in [-0.1, -0.05) is 0 Å². The van der Waals surface area contributed by atoms with Gasteiger partial charge in [-0.3, -0.25) is 0 Å². The molecule has 0 spiro atoms. The zero-order valence-corrected chi connectivity index (χ0v) is 14.8. The van der Waals surface area contributed by atoms with Crippen molar-refractivity contribution in [3.63, 3.8) is 0 Å². The van der Waals surface area contributed by atoms with Crippen molar-refractivity contribution < 1.29 is 19.4 Å². The van der Waals surface area contributed by atoms with Crippen LogP contribution in [0.15, 0.2) is 36.4 Å². The van der Waals surface area contributed by atoms with Gasteiger partial charge in [0.25, 0.3) is 0 Å². The van der Waals surface area contributed by atoms with Gasteiger partial charge >= 0.3 is 5.97 Å². The van der Waals surface area contributed by atoms with E-state index in [1.165, 1.54) is 18.2 Å². The quantitative estimate of drug-likeness (QED) is 0.851. The molecule has 1 aliphatic rings. The molecule has 1 saturated heterocycles. The van der Waals surface area contributed by atoms with E-state index in [9.17, 15) is 19.4 Å². The highest BCUT2D eigenvalue weighted by atomic mass is 19.1. The fourth-order valence-corrected chi connectivity index (χ4v) is 3.39. The lowest BCUT2D eigenvalue weighted by Gasteiger charge is -2.27. The topological polar surface area (TPSA) is 76.9 Å². The molecular formula is C19H22FN3O3. The first-order valence-electron chi connectivity index (χ1n) is 8.40. The molecule has 0 amide bonds. The van der Waals surface area contributed by atoms with Crippen LogP contribution in [0.4, 0.5) is 10.2 Å². The number of carboxylic acids is 1. The highest BCUT2D eigenvalue weighted by Gasteiger charge is 2.38. The summed E-state index contributed by atoms with van der Waals surface area (Å²) in [4.78, 5) is 19.9. The molecule has 1 unspecified atom stereocenters. The molecule has 2 heterocycles. The number of likely N-dealkylation sites (N-methyl/N-ethyl adjacent to an activating group) is 1. The molecule has 3 rings (SSSR count). The van der Waals surface area contributed by atoms with Crippen LogP contribution >= 0.6 is 0 Å². The molecule has 0 aliphatic carbocycles. The number of carbonyl (C=O) groups is 1. The summed E-state index contributed by atoms with van der Waals surface area (Å²) in [6, 6.07) is 9.01. The summed E-state index contributed by atoms with van der Waals surface area (Å²) in [5.74, 6) is -1.08. The Bertz CT molecular complexity index is 810. The van der Waals surface area contributed by atoms with E-state index in [1.807, 2.05) is 19.0 Å². The van der Waals surface area contributed by atoms with Crippen LogP contribution in [-0.4, -0.2) is 65.4 Å².